The molecule has 1 aliphatic carbocycles. The first kappa shape index (κ1) is 18.1. The van der Waals surface area contributed by atoms with Crippen LogP contribution in [0.5, 0.6) is 0 Å². The highest BCUT2D eigenvalue weighted by molar-refractivity contribution is 9.10. The van der Waals surface area contributed by atoms with Crippen molar-refractivity contribution < 1.29 is 13.9 Å². The number of carbonyl (C=O) groups is 1. The molecule has 5 nitrogen and oxygen atoms in total. The normalized spacial score (nSPS) is 21.0. The van der Waals surface area contributed by atoms with E-state index in [9.17, 15) is 9.18 Å². The number of ether oxygens (including phenoxy) is 1. The zero-order chi connectivity index (χ0) is 16.8. The van der Waals surface area contributed by atoms with Crippen LogP contribution in [0.2, 0.25) is 0 Å². The monoisotopic (exact) mass is 387 g/mol. The number of anilines is 1. The molecule has 0 bridgehead atoms. The van der Waals surface area contributed by atoms with E-state index in [0.717, 1.165) is 32.2 Å². The number of nitrogens with zero attached hydrogens (tertiary/aromatic N) is 2. The summed E-state index contributed by atoms with van der Waals surface area (Å²) in [6.45, 7) is 1.13. The van der Waals surface area contributed by atoms with Crippen molar-refractivity contribution in [2.45, 2.75) is 31.7 Å². The van der Waals surface area contributed by atoms with Crippen LogP contribution in [-0.2, 0) is 9.53 Å². The maximum Gasteiger partial charge on any atom is 0.319 e. The van der Waals surface area contributed by atoms with Crippen LogP contribution in [0, 0.1) is 11.9 Å². The number of carbonyl (C=O) groups excluding carboxylic acids is 1. The molecule has 1 saturated carbocycles. The van der Waals surface area contributed by atoms with Gasteiger partial charge in [0.15, 0.2) is 0 Å². The van der Waals surface area contributed by atoms with Gasteiger partial charge in [0.05, 0.1) is 18.1 Å². The standard InChI is InChI=1S/C16H23BrFN3O2/c1-21(14-8-7-13(17)16(18)20-14)10-11-3-5-12(6-4-11)19-9-15(22)23-2/h7-8,11-12,19H,3-6,9-10H2,1-2H3/t11-,12-. The van der Waals surface area contributed by atoms with Gasteiger partial charge < -0.3 is 15.0 Å². The van der Waals surface area contributed by atoms with Gasteiger partial charge >= 0.3 is 5.97 Å². The fraction of sp³-hybridized carbons (Fsp3) is 0.625. The SMILES string of the molecule is COC(=O)CN[C@H]1CC[C@H](CN(C)c2ccc(Br)c(F)n2)CC1. The number of rotatable bonds is 6. The van der Waals surface area contributed by atoms with E-state index in [4.69, 9.17) is 0 Å². The van der Waals surface area contributed by atoms with Crippen LogP contribution in [-0.4, -0.2) is 44.2 Å². The van der Waals surface area contributed by atoms with E-state index >= 15 is 0 Å². The van der Waals surface area contributed by atoms with Crippen LogP contribution in [0.15, 0.2) is 16.6 Å². The molecule has 1 aromatic heterocycles. The largest absolute Gasteiger partial charge is 0.468 e. The first-order valence-electron chi connectivity index (χ1n) is 7.83. The fourth-order valence-electron chi connectivity index (χ4n) is 2.95. The Hall–Kier alpha value is -1.21. The summed E-state index contributed by atoms with van der Waals surface area (Å²) in [5.41, 5.74) is 0. The van der Waals surface area contributed by atoms with E-state index in [1.807, 2.05) is 18.0 Å². The Bertz CT molecular complexity index is 536. The topological polar surface area (TPSA) is 54.5 Å². The molecular weight excluding hydrogens is 365 g/mol. The molecule has 0 aromatic carbocycles. The van der Waals surface area contributed by atoms with Gasteiger partial charge in [0.2, 0.25) is 5.95 Å². The van der Waals surface area contributed by atoms with Gasteiger partial charge in [-0.3, -0.25) is 4.79 Å². The van der Waals surface area contributed by atoms with Gasteiger partial charge in [-0.15, -0.1) is 0 Å². The highest BCUT2D eigenvalue weighted by atomic mass is 79.9. The van der Waals surface area contributed by atoms with Crippen LogP contribution in [0.25, 0.3) is 0 Å². The third-order valence-electron chi connectivity index (χ3n) is 4.32. The van der Waals surface area contributed by atoms with Crippen molar-refractivity contribution >= 4 is 27.7 Å². The highest BCUT2D eigenvalue weighted by Gasteiger charge is 2.23. The van der Waals surface area contributed by atoms with Crippen LogP contribution in [0.3, 0.4) is 0 Å². The minimum absolute atomic E-state index is 0.227. The minimum Gasteiger partial charge on any atom is -0.468 e. The molecule has 128 valence electrons. The summed E-state index contributed by atoms with van der Waals surface area (Å²) in [6, 6.07) is 3.87. The number of aromatic nitrogens is 1. The summed E-state index contributed by atoms with van der Waals surface area (Å²) in [5.74, 6) is 0.501. The van der Waals surface area contributed by atoms with E-state index in [1.54, 1.807) is 6.07 Å². The van der Waals surface area contributed by atoms with E-state index in [2.05, 4.69) is 31.0 Å². The van der Waals surface area contributed by atoms with Crippen LogP contribution >= 0.6 is 15.9 Å². The van der Waals surface area contributed by atoms with Crippen molar-refractivity contribution in [2.75, 3.05) is 32.1 Å². The molecule has 0 unspecified atom stereocenters. The van der Waals surface area contributed by atoms with Crippen LogP contribution in [0.1, 0.15) is 25.7 Å². The number of pyridine rings is 1. The van der Waals surface area contributed by atoms with Crippen LogP contribution < -0.4 is 10.2 Å². The van der Waals surface area contributed by atoms with Gasteiger partial charge in [-0.2, -0.15) is 4.39 Å². The molecule has 7 heteroatoms. The maximum absolute atomic E-state index is 13.5. The van der Waals surface area contributed by atoms with Gasteiger partial charge in [-0.25, -0.2) is 4.98 Å². The number of hydrogen-bond acceptors (Lipinski definition) is 5. The molecule has 0 amide bonds. The van der Waals surface area contributed by atoms with E-state index in [-0.39, 0.29) is 12.5 Å². The summed E-state index contributed by atoms with van der Waals surface area (Å²) < 4.78 is 18.5. The average molecular weight is 388 g/mol. The van der Waals surface area contributed by atoms with Crippen molar-refractivity contribution in [3.63, 3.8) is 0 Å². The van der Waals surface area contributed by atoms with Crippen molar-refractivity contribution in [3.8, 4) is 0 Å². The number of methoxy groups -OCH3 is 1. The Morgan fingerprint density at radius 3 is 2.74 bits per heavy atom. The molecule has 0 aliphatic heterocycles. The molecule has 1 heterocycles. The van der Waals surface area contributed by atoms with Gasteiger partial charge in [0, 0.05) is 19.6 Å². The quantitative estimate of drug-likeness (QED) is 0.600. The second-order valence-electron chi connectivity index (χ2n) is 6.00. The molecule has 1 N–H and O–H groups in total. The van der Waals surface area contributed by atoms with Gasteiger partial charge in [-0.1, -0.05) is 0 Å². The molecule has 1 aliphatic rings. The first-order chi connectivity index (χ1) is 11.0. The Labute approximate surface area is 144 Å². The lowest BCUT2D eigenvalue weighted by Crippen LogP contribution is -2.38. The molecule has 0 spiro atoms. The van der Waals surface area contributed by atoms with Crippen molar-refractivity contribution in [1.29, 1.82) is 0 Å². The number of halogens is 2. The summed E-state index contributed by atoms with van der Waals surface area (Å²) in [6.07, 6.45) is 4.25. The molecule has 0 radical (unpaired) electrons. The first-order valence-corrected chi connectivity index (χ1v) is 8.62. The molecule has 0 atom stereocenters. The lowest BCUT2D eigenvalue weighted by molar-refractivity contribution is -0.139. The maximum atomic E-state index is 13.5. The smallest absolute Gasteiger partial charge is 0.319 e. The van der Waals surface area contributed by atoms with Crippen molar-refractivity contribution in [1.82, 2.24) is 10.3 Å². The Balaban J connectivity index is 1.77. The van der Waals surface area contributed by atoms with Crippen molar-refractivity contribution in [2.24, 2.45) is 5.92 Å². The van der Waals surface area contributed by atoms with E-state index in [1.165, 1.54) is 7.11 Å². The van der Waals surface area contributed by atoms with E-state index < -0.39 is 5.95 Å². The molecular formula is C16H23BrFN3O2. The van der Waals surface area contributed by atoms with Gasteiger partial charge in [-0.05, 0) is 59.7 Å². The fourth-order valence-corrected chi connectivity index (χ4v) is 3.17. The number of nitrogens with one attached hydrogen (secondary N) is 1. The molecule has 0 saturated heterocycles. The Morgan fingerprint density at radius 2 is 2.13 bits per heavy atom. The van der Waals surface area contributed by atoms with Gasteiger partial charge in [0.1, 0.15) is 5.82 Å². The summed E-state index contributed by atoms with van der Waals surface area (Å²) in [5, 5.41) is 3.24. The number of esters is 1. The van der Waals surface area contributed by atoms with Gasteiger partial charge in [0.25, 0.3) is 0 Å². The summed E-state index contributed by atoms with van der Waals surface area (Å²) >= 11 is 3.12. The third-order valence-corrected chi connectivity index (χ3v) is 4.91. The second kappa shape index (κ2) is 8.59. The average Bonchev–Trinajstić information content (AvgIpc) is 2.56. The molecule has 1 fully saturated rings. The van der Waals surface area contributed by atoms with E-state index in [0.29, 0.717) is 22.3 Å². The summed E-state index contributed by atoms with van der Waals surface area (Å²) in [4.78, 5) is 17.1. The highest BCUT2D eigenvalue weighted by Crippen LogP contribution is 2.26. The third kappa shape index (κ3) is 5.42. The second-order valence-corrected chi connectivity index (χ2v) is 6.85. The predicted molar refractivity (Wildman–Crippen MR) is 90.9 cm³/mol. The Morgan fingerprint density at radius 1 is 1.43 bits per heavy atom. The number of hydrogen-bond donors (Lipinski definition) is 1. The zero-order valence-corrected chi connectivity index (χ0v) is 15.1. The van der Waals surface area contributed by atoms with Crippen molar-refractivity contribution in [3.05, 3.63) is 22.6 Å². The molecule has 2 rings (SSSR count). The summed E-state index contributed by atoms with van der Waals surface area (Å²) in [7, 11) is 3.34. The lowest BCUT2D eigenvalue weighted by Gasteiger charge is -2.32. The minimum atomic E-state index is -0.481. The Kier molecular flexibility index (Phi) is 6.77. The molecule has 23 heavy (non-hydrogen) atoms. The molecule has 1 aromatic rings. The lowest BCUT2D eigenvalue weighted by atomic mass is 9.85. The predicted octanol–water partition coefficient (Wildman–Crippen LogP) is 2.74. The van der Waals surface area contributed by atoms with Crippen LogP contribution in [0.4, 0.5) is 10.2 Å². The zero-order valence-electron chi connectivity index (χ0n) is 13.5.